The molecule has 1 aromatic heterocycles. The van der Waals surface area contributed by atoms with Crippen LogP contribution in [-0.4, -0.2) is 21.0 Å². The van der Waals surface area contributed by atoms with Gasteiger partial charge >= 0.3 is 11.7 Å². The molecular formula is C12H6Br2N2O5. The van der Waals surface area contributed by atoms with E-state index < -0.39 is 10.9 Å². The Kier molecular flexibility index (Phi) is 4.53. The van der Waals surface area contributed by atoms with Crippen LogP contribution in [0.15, 0.2) is 39.4 Å². The van der Waals surface area contributed by atoms with Crippen molar-refractivity contribution in [2.75, 3.05) is 0 Å². The lowest BCUT2D eigenvalue weighted by atomic mass is 10.2. The summed E-state index contributed by atoms with van der Waals surface area (Å²) in [6.07, 6.45) is 1.34. The fourth-order valence-electron chi connectivity index (χ4n) is 1.50. The van der Waals surface area contributed by atoms with Crippen molar-refractivity contribution in [3.63, 3.8) is 0 Å². The van der Waals surface area contributed by atoms with E-state index in [1.165, 1.54) is 24.4 Å². The third-order valence-electron chi connectivity index (χ3n) is 2.39. The van der Waals surface area contributed by atoms with Crippen molar-refractivity contribution >= 4 is 43.5 Å². The number of nitrogens with zero attached hydrogens (tertiary/aromatic N) is 2. The first-order valence-corrected chi connectivity index (χ1v) is 6.98. The van der Waals surface area contributed by atoms with Crippen LogP contribution in [0.25, 0.3) is 0 Å². The van der Waals surface area contributed by atoms with Gasteiger partial charge in [-0.3, -0.25) is 10.1 Å². The largest absolute Gasteiger partial charge is 0.477 e. The molecule has 0 amide bonds. The van der Waals surface area contributed by atoms with Crippen LogP contribution in [0.2, 0.25) is 0 Å². The van der Waals surface area contributed by atoms with Crippen LogP contribution in [0.1, 0.15) is 10.4 Å². The fraction of sp³-hybridized carbons (Fsp3) is 0. The van der Waals surface area contributed by atoms with Gasteiger partial charge in [-0.05, 0) is 44.0 Å². The second kappa shape index (κ2) is 6.19. The van der Waals surface area contributed by atoms with Crippen molar-refractivity contribution in [1.82, 2.24) is 4.98 Å². The van der Waals surface area contributed by atoms with Crippen LogP contribution >= 0.6 is 31.9 Å². The second-order valence-corrected chi connectivity index (χ2v) is 5.53. The van der Waals surface area contributed by atoms with E-state index in [2.05, 4.69) is 36.8 Å². The van der Waals surface area contributed by atoms with Gasteiger partial charge in [0.2, 0.25) is 11.6 Å². The number of rotatable bonds is 4. The number of nitro benzene ring substituents is 1. The summed E-state index contributed by atoms with van der Waals surface area (Å²) in [6, 6.07) is 5.57. The summed E-state index contributed by atoms with van der Waals surface area (Å²) < 4.78 is 6.12. The van der Waals surface area contributed by atoms with Gasteiger partial charge in [0.1, 0.15) is 5.56 Å². The molecule has 108 valence electrons. The first-order chi connectivity index (χ1) is 9.90. The number of hydrogen-bond acceptors (Lipinski definition) is 5. The lowest BCUT2D eigenvalue weighted by molar-refractivity contribution is -0.385. The molecule has 0 fully saturated rings. The molecule has 0 radical (unpaired) electrons. The van der Waals surface area contributed by atoms with Gasteiger partial charge in [0.25, 0.3) is 0 Å². The molecule has 0 aliphatic rings. The van der Waals surface area contributed by atoms with Gasteiger partial charge in [0.15, 0.2) is 0 Å². The van der Waals surface area contributed by atoms with Crippen molar-refractivity contribution in [3.05, 3.63) is 55.1 Å². The van der Waals surface area contributed by atoms with Gasteiger partial charge in [0, 0.05) is 16.7 Å². The number of ether oxygens (including phenoxy) is 1. The molecule has 0 spiro atoms. The smallest absolute Gasteiger partial charge is 0.341 e. The van der Waals surface area contributed by atoms with Gasteiger partial charge in [0.05, 0.1) is 9.40 Å². The average Bonchev–Trinajstić information content (AvgIpc) is 2.42. The fourth-order valence-corrected chi connectivity index (χ4v) is 2.27. The van der Waals surface area contributed by atoms with Crippen LogP contribution in [0, 0.1) is 10.1 Å². The number of halogens is 2. The van der Waals surface area contributed by atoms with Crippen LogP contribution < -0.4 is 4.74 Å². The van der Waals surface area contributed by atoms with E-state index in [0.717, 1.165) is 0 Å². The zero-order valence-corrected chi connectivity index (χ0v) is 13.3. The van der Waals surface area contributed by atoms with Gasteiger partial charge in [-0.1, -0.05) is 6.07 Å². The molecule has 9 heteroatoms. The normalized spacial score (nSPS) is 10.2. The molecule has 0 saturated heterocycles. The van der Waals surface area contributed by atoms with E-state index >= 15 is 0 Å². The second-order valence-electron chi connectivity index (χ2n) is 3.76. The van der Waals surface area contributed by atoms with Gasteiger partial charge < -0.3 is 9.84 Å². The molecule has 0 atom stereocenters. The Morgan fingerprint density at radius 2 is 2.10 bits per heavy atom. The Morgan fingerprint density at radius 1 is 1.38 bits per heavy atom. The molecule has 2 aromatic rings. The highest BCUT2D eigenvalue weighted by molar-refractivity contribution is 9.10. The van der Waals surface area contributed by atoms with Gasteiger partial charge in [-0.15, -0.1) is 0 Å². The van der Waals surface area contributed by atoms with Crippen LogP contribution in [-0.2, 0) is 0 Å². The minimum absolute atomic E-state index is 0.111. The maximum absolute atomic E-state index is 11.2. The lowest BCUT2D eigenvalue weighted by Gasteiger charge is -2.09. The molecule has 0 saturated carbocycles. The molecule has 0 aliphatic heterocycles. The Bertz CT molecular complexity index is 736. The standard InChI is InChI=1S/C12H6Br2N2O5/c13-6-4-7(12(17)18)11(15-5-6)21-10-8(14)2-1-3-9(10)16(19)20/h1-5H,(H,17,18). The SMILES string of the molecule is O=C(O)c1cc(Br)cnc1Oc1c(Br)cccc1[N+](=O)[O-]. The molecule has 0 unspecified atom stereocenters. The third-order valence-corrected chi connectivity index (χ3v) is 3.45. The summed E-state index contributed by atoms with van der Waals surface area (Å²) in [4.78, 5) is 25.4. The molecule has 21 heavy (non-hydrogen) atoms. The Hall–Kier alpha value is -2.00. The zero-order chi connectivity index (χ0) is 15.6. The highest BCUT2D eigenvalue weighted by Gasteiger charge is 2.22. The Labute approximate surface area is 135 Å². The molecule has 0 bridgehead atoms. The van der Waals surface area contributed by atoms with Crippen molar-refractivity contribution in [2.45, 2.75) is 0 Å². The number of para-hydroxylation sites is 1. The summed E-state index contributed by atoms with van der Waals surface area (Å²) in [6.45, 7) is 0. The number of pyridine rings is 1. The average molecular weight is 418 g/mol. The quantitative estimate of drug-likeness (QED) is 0.595. The molecule has 0 aliphatic carbocycles. The van der Waals surface area contributed by atoms with Crippen LogP contribution in [0.4, 0.5) is 5.69 Å². The molecule has 7 nitrogen and oxygen atoms in total. The highest BCUT2D eigenvalue weighted by atomic mass is 79.9. The highest BCUT2D eigenvalue weighted by Crippen LogP contribution is 2.38. The van der Waals surface area contributed by atoms with E-state index in [4.69, 9.17) is 9.84 Å². The summed E-state index contributed by atoms with van der Waals surface area (Å²) in [5.41, 5.74) is -0.514. The molecular weight excluding hydrogens is 412 g/mol. The van der Waals surface area contributed by atoms with E-state index in [0.29, 0.717) is 8.95 Å². The molecule has 2 rings (SSSR count). The first-order valence-electron chi connectivity index (χ1n) is 5.39. The number of nitro groups is 1. The number of hydrogen-bond donors (Lipinski definition) is 1. The monoisotopic (exact) mass is 416 g/mol. The predicted molar refractivity (Wildman–Crippen MR) is 79.8 cm³/mol. The van der Waals surface area contributed by atoms with Crippen molar-refractivity contribution < 1.29 is 19.6 Å². The van der Waals surface area contributed by atoms with Gasteiger partial charge in [-0.25, -0.2) is 9.78 Å². The minimum Gasteiger partial charge on any atom is -0.477 e. The topological polar surface area (TPSA) is 103 Å². The van der Waals surface area contributed by atoms with Crippen molar-refractivity contribution in [1.29, 1.82) is 0 Å². The number of benzene rings is 1. The molecule has 1 N–H and O–H groups in total. The lowest BCUT2D eigenvalue weighted by Crippen LogP contribution is -2.03. The number of carboxylic acid groups (broad SMARTS) is 1. The van der Waals surface area contributed by atoms with Crippen LogP contribution in [0.3, 0.4) is 0 Å². The summed E-state index contributed by atoms with van der Waals surface area (Å²) in [5, 5.41) is 20.1. The summed E-state index contributed by atoms with van der Waals surface area (Å²) in [5.74, 6) is -1.60. The predicted octanol–water partition coefficient (Wildman–Crippen LogP) is 4.01. The molecule has 1 aromatic carbocycles. The maximum Gasteiger partial charge on any atom is 0.341 e. The van der Waals surface area contributed by atoms with E-state index in [1.54, 1.807) is 6.07 Å². The number of aromatic carboxylic acids is 1. The van der Waals surface area contributed by atoms with E-state index in [-0.39, 0.29) is 22.9 Å². The number of carbonyl (C=O) groups is 1. The van der Waals surface area contributed by atoms with Crippen molar-refractivity contribution in [3.8, 4) is 11.6 Å². The van der Waals surface area contributed by atoms with Gasteiger partial charge in [-0.2, -0.15) is 0 Å². The summed E-state index contributed by atoms with van der Waals surface area (Å²) in [7, 11) is 0. The summed E-state index contributed by atoms with van der Waals surface area (Å²) >= 11 is 6.24. The zero-order valence-electron chi connectivity index (χ0n) is 10.1. The van der Waals surface area contributed by atoms with Crippen LogP contribution in [0.5, 0.6) is 11.6 Å². The van der Waals surface area contributed by atoms with E-state index in [9.17, 15) is 14.9 Å². The Balaban J connectivity index is 2.53. The minimum atomic E-state index is -1.26. The first kappa shape index (κ1) is 15.4. The number of aromatic nitrogens is 1. The Morgan fingerprint density at radius 3 is 2.71 bits per heavy atom. The van der Waals surface area contributed by atoms with E-state index in [1.807, 2.05) is 0 Å². The third kappa shape index (κ3) is 3.37. The molecule has 1 heterocycles. The van der Waals surface area contributed by atoms with Crippen molar-refractivity contribution in [2.24, 2.45) is 0 Å². The maximum atomic E-state index is 11.2. The number of carboxylic acids is 1.